The van der Waals surface area contributed by atoms with Crippen molar-refractivity contribution in [1.29, 1.82) is 0 Å². The first-order valence-corrected chi connectivity index (χ1v) is 17.7. The van der Waals surface area contributed by atoms with Gasteiger partial charge in [0.2, 0.25) is 11.9 Å². The van der Waals surface area contributed by atoms with E-state index in [0.717, 1.165) is 36.6 Å². The van der Waals surface area contributed by atoms with Gasteiger partial charge in [-0.15, -0.1) is 0 Å². The number of hydrogen-bond acceptors (Lipinski definition) is 8. The van der Waals surface area contributed by atoms with E-state index in [9.17, 15) is 23.6 Å². The van der Waals surface area contributed by atoms with Crippen LogP contribution in [0.4, 0.5) is 10.3 Å². The molecule has 3 fully saturated rings. The number of carbonyl (C=O) groups is 2. The minimum Gasteiger partial charge on any atom is -0.351 e. The number of aromatic nitrogens is 5. The minimum atomic E-state index is -0.625. The molecule has 51 heavy (non-hydrogen) atoms. The van der Waals surface area contributed by atoms with Crippen LogP contribution in [0.25, 0.3) is 21.8 Å². The Hall–Kier alpha value is -5.46. The van der Waals surface area contributed by atoms with Gasteiger partial charge in [-0.1, -0.05) is 37.1 Å². The van der Waals surface area contributed by atoms with Gasteiger partial charge in [0.1, 0.15) is 11.5 Å². The lowest BCUT2D eigenvalue weighted by molar-refractivity contribution is -0.140. The molecule has 1 saturated carbocycles. The molecule has 5 heterocycles. The molecule has 0 spiro atoms. The number of aromatic amines is 1. The predicted octanol–water partition coefficient (Wildman–Crippen LogP) is 4.36. The van der Waals surface area contributed by atoms with Gasteiger partial charge >= 0.3 is 0 Å². The Morgan fingerprint density at radius 1 is 0.941 bits per heavy atom. The lowest BCUT2D eigenvalue weighted by atomic mass is 9.94. The monoisotopic (exact) mass is 690 g/mol. The third kappa shape index (κ3) is 6.25. The van der Waals surface area contributed by atoms with Crippen LogP contribution in [0.5, 0.6) is 0 Å². The first-order valence-electron chi connectivity index (χ1n) is 17.7. The van der Waals surface area contributed by atoms with Gasteiger partial charge in [-0.3, -0.25) is 23.7 Å². The van der Waals surface area contributed by atoms with E-state index < -0.39 is 11.7 Å². The Labute approximate surface area is 292 Å². The molecular formula is C38H39FN8O4. The Morgan fingerprint density at radius 3 is 2.45 bits per heavy atom. The summed E-state index contributed by atoms with van der Waals surface area (Å²) in [6, 6.07) is 13.5. The Bertz CT molecular complexity index is 2280. The van der Waals surface area contributed by atoms with Crippen LogP contribution in [0.3, 0.4) is 0 Å². The average Bonchev–Trinajstić information content (AvgIpc) is 3.64. The Morgan fingerprint density at radius 2 is 1.69 bits per heavy atom. The number of H-pyrrole nitrogens is 1. The van der Waals surface area contributed by atoms with Crippen LogP contribution in [0.1, 0.15) is 71.7 Å². The molecule has 0 radical (unpaired) electrons. The maximum Gasteiger partial charge on any atom is 0.272 e. The van der Waals surface area contributed by atoms with E-state index in [2.05, 4.69) is 20.5 Å². The summed E-state index contributed by atoms with van der Waals surface area (Å²) >= 11 is 0. The first kappa shape index (κ1) is 32.7. The fourth-order valence-corrected chi connectivity index (χ4v) is 7.86. The largest absolute Gasteiger partial charge is 0.351 e. The SMILES string of the molecule is Cc1cc(=O)n(C2CCCC2)c2nc(NC3CCN(C(=O)C4CN(C(=O)c5cc(Cc6n[nH]c(=O)c7ccccc67)ccc5F)C4)CC3)ncc12. The number of hydrogen-bond donors (Lipinski definition) is 2. The van der Waals surface area contributed by atoms with E-state index in [1.165, 1.54) is 17.0 Å². The lowest BCUT2D eigenvalue weighted by Gasteiger charge is -2.42. The van der Waals surface area contributed by atoms with Crippen molar-refractivity contribution in [3.63, 3.8) is 0 Å². The molecule has 1 aliphatic carbocycles. The number of rotatable bonds is 7. The standard InChI is InChI=1S/C38H39FN8O4/c1-22-16-33(48)47(26-6-2-3-7-26)34-30(22)19-40-38(42-34)41-25-12-14-45(15-13-25)36(50)24-20-46(21-24)37(51)29-17-23(10-11-31(29)39)18-32-27-8-4-5-9-28(27)35(49)44-43-32/h4-5,8-11,16-17,19,24-26H,2-3,6-7,12-15,18,20-21H2,1H3,(H,44,49)(H,40,41,42). The topological polar surface area (TPSA) is 146 Å². The molecule has 0 atom stereocenters. The lowest BCUT2D eigenvalue weighted by Crippen LogP contribution is -2.57. The van der Waals surface area contributed by atoms with Gasteiger partial charge in [-0.05, 0) is 61.9 Å². The summed E-state index contributed by atoms with van der Waals surface area (Å²) in [5, 5.41) is 12.3. The molecule has 262 valence electrons. The molecule has 12 nitrogen and oxygen atoms in total. The van der Waals surface area contributed by atoms with E-state index in [4.69, 9.17) is 4.98 Å². The molecule has 0 unspecified atom stereocenters. The van der Waals surface area contributed by atoms with E-state index in [0.29, 0.717) is 66.0 Å². The van der Waals surface area contributed by atoms with Crippen LogP contribution in [-0.2, 0) is 11.2 Å². The van der Waals surface area contributed by atoms with Crippen molar-refractivity contribution in [2.75, 3.05) is 31.5 Å². The first-order chi connectivity index (χ1) is 24.7. The molecule has 2 aromatic carbocycles. The van der Waals surface area contributed by atoms with Crippen molar-refractivity contribution in [3.05, 3.63) is 104 Å². The maximum atomic E-state index is 14.9. The molecule has 2 N–H and O–H groups in total. The number of anilines is 1. The molecule has 0 bridgehead atoms. The second-order valence-electron chi connectivity index (χ2n) is 14.1. The van der Waals surface area contributed by atoms with Crippen LogP contribution < -0.4 is 16.4 Å². The van der Waals surface area contributed by atoms with Crippen LogP contribution >= 0.6 is 0 Å². The number of likely N-dealkylation sites (tertiary alicyclic amines) is 2. The molecule has 5 aromatic rings. The van der Waals surface area contributed by atoms with Crippen molar-refractivity contribution < 1.29 is 14.0 Å². The van der Waals surface area contributed by atoms with Gasteiger partial charge in [0, 0.05) is 67.7 Å². The molecule has 2 amide bonds. The summed E-state index contributed by atoms with van der Waals surface area (Å²) in [6.07, 6.45) is 7.69. The molecule has 8 rings (SSSR count). The summed E-state index contributed by atoms with van der Waals surface area (Å²) < 4.78 is 16.8. The number of piperidine rings is 1. The Kier molecular flexibility index (Phi) is 8.56. The van der Waals surface area contributed by atoms with E-state index in [1.54, 1.807) is 30.5 Å². The number of benzene rings is 2. The summed E-state index contributed by atoms with van der Waals surface area (Å²) in [7, 11) is 0. The van der Waals surface area contributed by atoms with Crippen LogP contribution in [0.2, 0.25) is 0 Å². The summed E-state index contributed by atoms with van der Waals surface area (Å²) in [6.45, 7) is 3.50. The van der Waals surface area contributed by atoms with Crippen molar-refractivity contribution in [3.8, 4) is 0 Å². The zero-order chi connectivity index (χ0) is 35.2. The number of halogens is 1. The Balaban J connectivity index is 0.871. The highest BCUT2D eigenvalue weighted by atomic mass is 19.1. The van der Waals surface area contributed by atoms with Gasteiger partial charge in [0.15, 0.2) is 0 Å². The smallest absolute Gasteiger partial charge is 0.272 e. The third-order valence-electron chi connectivity index (χ3n) is 10.8. The van der Waals surface area contributed by atoms with Crippen LogP contribution in [0.15, 0.2) is 64.3 Å². The van der Waals surface area contributed by atoms with Crippen molar-refractivity contribution in [2.45, 2.75) is 64.0 Å². The number of carbonyl (C=O) groups excluding carboxylic acids is 2. The highest BCUT2D eigenvalue weighted by Crippen LogP contribution is 2.31. The van der Waals surface area contributed by atoms with Crippen LogP contribution in [0, 0.1) is 18.7 Å². The minimum absolute atomic E-state index is 0.000700. The second-order valence-corrected chi connectivity index (χ2v) is 14.1. The van der Waals surface area contributed by atoms with Crippen molar-refractivity contribution in [1.82, 2.24) is 34.5 Å². The maximum absolute atomic E-state index is 14.9. The van der Waals surface area contributed by atoms with Crippen LogP contribution in [-0.4, -0.2) is 78.6 Å². The normalized spacial score (nSPS) is 17.3. The zero-order valence-electron chi connectivity index (χ0n) is 28.4. The molecule has 3 aliphatic rings. The van der Waals surface area contributed by atoms with Gasteiger partial charge in [0.05, 0.1) is 22.6 Å². The van der Waals surface area contributed by atoms with Gasteiger partial charge in [0.25, 0.3) is 17.0 Å². The highest BCUT2D eigenvalue weighted by Gasteiger charge is 2.39. The number of pyridine rings is 1. The number of fused-ring (bicyclic) bond motifs is 2. The second kappa shape index (κ2) is 13.3. The number of nitrogens with zero attached hydrogens (tertiary/aromatic N) is 6. The van der Waals surface area contributed by atoms with Gasteiger partial charge in [-0.2, -0.15) is 10.1 Å². The molecular weight excluding hydrogens is 651 g/mol. The molecule has 2 saturated heterocycles. The fraction of sp³-hybridized carbons (Fsp3) is 0.395. The van der Waals surface area contributed by atoms with E-state index in [-0.39, 0.29) is 53.7 Å². The third-order valence-corrected chi connectivity index (χ3v) is 10.8. The number of nitrogens with one attached hydrogen (secondary N) is 2. The van der Waals surface area contributed by atoms with Crippen molar-refractivity contribution >= 4 is 39.6 Å². The summed E-state index contributed by atoms with van der Waals surface area (Å²) in [4.78, 5) is 64.6. The predicted molar refractivity (Wildman–Crippen MR) is 190 cm³/mol. The van der Waals surface area contributed by atoms with Crippen molar-refractivity contribution in [2.24, 2.45) is 5.92 Å². The molecule has 13 heteroatoms. The zero-order valence-corrected chi connectivity index (χ0v) is 28.4. The highest BCUT2D eigenvalue weighted by molar-refractivity contribution is 5.96. The molecule has 3 aromatic heterocycles. The van der Waals surface area contributed by atoms with Gasteiger partial charge < -0.3 is 15.1 Å². The van der Waals surface area contributed by atoms with E-state index >= 15 is 0 Å². The summed E-state index contributed by atoms with van der Waals surface area (Å²) in [5.74, 6) is -0.928. The quantitative estimate of drug-likeness (QED) is 0.256. The van der Waals surface area contributed by atoms with Gasteiger partial charge in [-0.25, -0.2) is 14.5 Å². The molecule has 2 aliphatic heterocycles. The average molecular weight is 691 g/mol. The fourth-order valence-electron chi connectivity index (χ4n) is 7.86. The number of amides is 2. The number of aryl methyl sites for hydroxylation is 1. The summed E-state index contributed by atoms with van der Waals surface area (Å²) in [5.41, 5.74) is 2.48. The van der Waals surface area contributed by atoms with E-state index in [1.807, 2.05) is 28.5 Å².